The zero-order chi connectivity index (χ0) is 11.1. The number of nitrogens with zero attached hydrogens (tertiary/aromatic N) is 1. The smallest absolute Gasteiger partial charge is 0.323 e. The first-order valence-electron chi connectivity index (χ1n) is 3.69. The molecule has 6 heteroatoms. The summed E-state index contributed by atoms with van der Waals surface area (Å²) < 4.78 is 0. The van der Waals surface area contributed by atoms with Crippen LogP contribution in [0.3, 0.4) is 0 Å². The highest BCUT2D eigenvalue weighted by atomic mass is 16.4. The molecular formula is C8H10N2O4. The van der Waals surface area contributed by atoms with Gasteiger partial charge in [-0.2, -0.15) is 0 Å². The summed E-state index contributed by atoms with van der Waals surface area (Å²) in [6.07, 6.45) is 0. The van der Waals surface area contributed by atoms with Crippen molar-refractivity contribution in [1.82, 2.24) is 4.90 Å². The van der Waals surface area contributed by atoms with Crippen molar-refractivity contribution in [3.05, 3.63) is 0 Å². The molecule has 0 atom stereocenters. The zero-order valence-corrected chi connectivity index (χ0v) is 7.61. The number of carbonyl (C=O) groups excluding carboxylic acids is 2. The monoisotopic (exact) mass is 198 g/mol. The van der Waals surface area contributed by atoms with Crippen molar-refractivity contribution in [2.45, 2.75) is 6.92 Å². The number of hydrogen-bond donors (Lipinski definition) is 2. The number of carboxylic acids is 1. The van der Waals surface area contributed by atoms with Crippen molar-refractivity contribution >= 4 is 17.8 Å². The number of aliphatic carboxylic acids is 1. The van der Waals surface area contributed by atoms with E-state index in [1.54, 1.807) is 0 Å². The number of hydrogen-bond acceptors (Lipinski definition) is 3. The maximum absolute atomic E-state index is 11.1. The number of nitrogens with two attached hydrogens (primary N) is 1. The summed E-state index contributed by atoms with van der Waals surface area (Å²) in [7, 11) is 0. The van der Waals surface area contributed by atoms with Crippen LogP contribution in [-0.2, 0) is 14.4 Å². The quantitative estimate of drug-likeness (QED) is 0.531. The summed E-state index contributed by atoms with van der Waals surface area (Å²) >= 11 is 0. The molecule has 6 nitrogen and oxygen atoms in total. The summed E-state index contributed by atoms with van der Waals surface area (Å²) in [6, 6.07) is 0. The third kappa shape index (κ3) is 4.77. The van der Waals surface area contributed by atoms with Crippen molar-refractivity contribution in [3.8, 4) is 11.8 Å². The Hall–Kier alpha value is -2.03. The van der Waals surface area contributed by atoms with Gasteiger partial charge in [-0.05, 0) is 12.8 Å². The second-order valence-corrected chi connectivity index (χ2v) is 2.40. The van der Waals surface area contributed by atoms with Gasteiger partial charge in [0.2, 0.25) is 5.91 Å². The van der Waals surface area contributed by atoms with Gasteiger partial charge in [0, 0.05) is 0 Å². The van der Waals surface area contributed by atoms with Crippen LogP contribution < -0.4 is 5.73 Å². The second-order valence-electron chi connectivity index (χ2n) is 2.40. The molecule has 0 heterocycles. The SMILES string of the molecule is CC#CC(=O)N(CC(N)=O)CC(=O)O. The maximum Gasteiger partial charge on any atom is 0.323 e. The third-order valence-electron chi connectivity index (χ3n) is 1.19. The van der Waals surface area contributed by atoms with Gasteiger partial charge in [0.15, 0.2) is 0 Å². The predicted octanol–water partition coefficient (Wildman–Crippen LogP) is -1.59. The number of amides is 2. The average Bonchev–Trinajstić information content (AvgIpc) is 2.01. The molecule has 0 spiro atoms. The first-order chi connectivity index (χ1) is 6.47. The number of carbonyl (C=O) groups is 3. The zero-order valence-electron chi connectivity index (χ0n) is 7.61. The molecular weight excluding hydrogens is 188 g/mol. The summed E-state index contributed by atoms with van der Waals surface area (Å²) in [5.41, 5.74) is 4.83. The number of rotatable bonds is 4. The fourth-order valence-corrected chi connectivity index (χ4v) is 0.737. The van der Waals surface area contributed by atoms with E-state index in [0.29, 0.717) is 0 Å². The lowest BCUT2D eigenvalue weighted by Gasteiger charge is -2.14. The second kappa shape index (κ2) is 5.59. The van der Waals surface area contributed by atoms with E-state index in [1.165, 1.54) is 6.92 Å². The Balaban J connectivity index is 4.51. The van der Waals surface area contributed by atoms with Crippen LogP contribution in [0, 0.1) is 11.8 Å². The fourth-order valence-electron chi connectivity index (χ4n) is 0.737. The third-order valence-corrected chi connectivity index (χ3v) is 1.19. The van der Waals surface area contributed by atoms with Gasteiger partial charge in [-0.25, -0.2) is 0 Å². The number of primary amides is 1. The molecule has 0 aromatic heterocycles. The summed E-state index contributed by atoms with van der Waals surface area (Å²) in [6.45, 7) is 0.400. The molecule has 0 saturated carbocycles. The molecule has 0 fully saturated rings. The topological polar surface area (TPSA) is 101 Å². The molecule has 0 aromatic rings. The molecule has 0 aliphatic rings. The minimum Gasteiger partial charge on any atom is -0.480 e. The van der Waals surface area contributed by atoms with Crippen molar-refractivity contribution in [2.75, 3.05) is 13.1 Å². The van der Waals surface area contributed by atoms with E-state index >= 15 is 0 Å². The molecule has 0 saturated heterocycles. The van der Waals surface area contributed by atoms with Crippen molar-refractivity contribution < 1.29 is 19.5 Å². The Morgan fingerprint density at radius 1 is 1.36 bits per heavy atom. The van der Waals surface area contributed by atoms with Crippen LogP contribution in [0.15, 0.2) is 0 Å². The van der Waals surface area contributed by atoms with Crippen molar-refractivity contribution in [2.24, 2.45) is 5.73 Å². The van der Waals surface area contributed by atoms with Crippen LogP contribution in [0.1, 0.15) is 6.92 Å². The van der Waals surface area contributed by atoms with Gasteiger partial charge in [-0.15, -0.1) is 0 Å². The van der Waals surface area contributed by atoms with Crippen LogP contribution in [0.4, 0.5) is 0 Å². The Kier molecular flexibility index (Phi) is 4.78. The van der Waals surface area contributed by atoms with Crippen LogP contribution in [0.25, 0.3) is 0 Å². The first kappa shape index (κ1) is 12.0. The molecule has 76 valence electrons. The molecule has 14 heavy (non-hydrogen) atoms. The van der Waals surface area contributed by atoms with E-state index in [9.17, 15) is 14.4 Å². The van der Waals surface area contributed by atoms with E-state index < -0.39 is 30.9 Å². The summed E-state index contributed by atoms with van der Waals surface area (Å²) in [5, 5.41) is 8.42. The van der Waals surface area contributed by atoms with Crippen LogP contribution >= 0.6 is 0 Å². The molecule has 0 unspecified atom stereocenters. The Labute approximate surface area is 80.7 Å². The molecule has 3 N–H and O–H groups in total. The highest BCUT2D eigenvalue weighted by Gasteiger charge is 2.16. The molecule has 0 aliphatic heterocycles. The maximum atomic E-state index is 11.1. The Bertz CT molecular complexity index is 297. The van der Waals surface area contributed by atoms with Gasteiger partial charge < -0.3 is 15.7 Å². The Morgan fingerprint density at radius 3 is 2.29 bits per heavy atom. The standard InChI is InChI=1S/C8H10N2O4/c1-2-3-7(12)10(4-6(9)11)5-8(13)14/h4-5H2,1H3,(H2,9,11)(H,13,14). The minimum absolute atomic E-state index is 0.445. The van der Waals surface area contributed by atoms with Crippen molar-refractivity contribution in [3.63, 3.8) is 0 Å². The van der Waals surface area contributed by atoms with Crippen LogP contribution in [-0.4, -0.2) is 40.9 Å². The molecule has 0 aromatic carbocycles. The number of carboxylic acid groups (broad SMARTS) is 1. The van der Waals surface area contributed by atoms with Gasteiger partial charge in [0.25, 0.3) is 5.91 Å². The largest absolute Gasteiger partial charge is 0.480 e. The average molecular weight is 198 g/mol. The highest BCUT2D eigenvalue weighted by Crippen LogP contribution is 1.88. The van der Waals surface area contributed by atoms with Crippen LogP contribution in [0.5, 0.6) is 0 Å². The van der Waals surface area contributed by atoms with E-state index in [4.69, 9.17) is 10.8 Å². The molecule has 0 aliphatic carbocycles. The molecule has 0 rings (SSSR count). The Morgan fingerprint density at radius 2 is 1.93 bits per heavy atom. The van der Waals surface area contributed by atoms with Gasteiger partial charge in [-0.1, -0.05) is 5.92 Å². The summed E-state index contributed by atoms with van der Waals surface area (Å²) in [4.78, 5) is 32.7. The van der Waals surface area contributed by atoms with Gasteiger partial charge in [0.05, 0.1) is 0 Å². The van der Waals surface area contributed by atoms with Gasteiger partial charge in [-0.3, -0.25) is 14.4 Å². The lowest BCUT2D eigenvalue weighted by atomic mass is 10.4. The fraction of sp³-hybridized carbons (Fsp3) is 0.375. The van der Waals surface area contributed by atoms with Crippen LogP contribution in [0.2, 0.25) is 0 Å². The van der Waals surface area contributed by atoms with Gasteiger partial charge >= 0.3 is 5.97 Å². The normalized spacial score (nSPS) is 8.36. The van der Waals surface area contributed by atoms with E-state index in [1.807, 2.05) is 0 Å². The van der Waals surface area contributed by atoms with Gasteiger partial charge in [0.1, 0.15) is 13.1 Å². The molecule has 0 radical (unpaired) electrons. The highest BCUT2D eigenvalue weighted by molar-refractivity contribution is 5.97. The van der Waals surface area contributed by atoms with E-state index in [-0.39, 0.29) is 0 Å². The summed E-state index contributed by atoms with van der Waals surface area (Å²) in [5.74, 6) is 1.70. The van der Waals surface area contributed by atoms with E-state index in [2.05, 4.69) is 11.8 Å². The lowest BCUT2D eigenvalue weighted by Crippen LogP contribution is -2.40. The first-order valence-corrected chi connectivity index (χ1v) is 3.69. The molecule has 2 amide bonds. The predicted molar refractivity (Wildman–Crippen MR) is 46.9 cm³/mol. The minimum atomic E-state index is -1.22. The van der Waals surface area contributed by atoms with Crippen molar-refractivity contribution in [1.29, 1.82) is 0 Å². The lowest BCUT2D eigenvalue weighted by molar-refractivity contribution is -0.143. The van der Waals surface area contributed by atoms with E-state index in [0.717, 1.165) is 4.90 Å². The molecule has 0 bridgehead atoms.